The summed E-state index contributed by atoms with van der Waals surface area (Å²) in [7, 11) is 0. The van der Waals surface area contributed by atoms with Crippen LogP contribution >= 0.6 is 0 Å². The average Bonchev–Trinajstić information content (AvgIpc) is 2.63. The molecule has 0 aliphatic heterocycles. The molecule has 0 saturated heterocycles. The van der Waals surface area contributed by atoms with Crippen molar-refractivity contribution in [3.05, 3.63) is 59.9 Å². The molecule has 8 heteroatoms. The summed E-state index contributed by atoms with van der Waals surface area (Å²) in [6, 6.07) is 10.5. The largest absolute Gasteiger partial charge is 0.325 e. The normalized spacial score (nSPS) is 10.7. The molecule has 27 heavy (non-hydrogen) atoms. The van der Waals surface area contributed by atoms with Gasteiger partial charge < -0.3 is 10.6 Å². The third kappa shape index (κ3) is 6.10. The van der Waals surface area contributed by atoms with Gasteiger partial charge in [-0.1, -0.05) is 25.1 Å². The van der Waals surface area contributed by atoms with Gasteiger partial charge in [0.05, 0.1) is 18.8 Å². The van der Waals surface area contributed by atoms with Crippen LogP contribution < -0.4 is 10.6 Å². The monoisotopic (exact) mass is 379 g/mol. The van der Waals surface area contributed by atoms with Gasteiger partial charge in [0.2, 0.25) is 11.8 Å². The Balaban J connectivity index is 1.95. The molecular formula is C19H20F3N3O2. The van der Waals surface area contributed by atoms with Crippen molar-refractivity contribution in [3.63, 3.8) is 0 Å². The van der Waals surface area contributed by atoms with Crippen molar-refractivity contribution >= 4 is 23.2 Å². The van der Waals surface area contributed by atoms with E-state index in [9.17, 15) is 22.8 Å². The van der Waals surface area contributed by atoms with Gasteiger partial charge in [0.1, 0.15) is 0 Å². The van der Waals surface area contributed by atoms with E-state index < -0.39 is 29.0 Å². The average molecular weight is 379 g/mol. The lowest BCUT2D eigenvalue weighted by Gasteiger charge is -2.20. The van der Waals surface area contributed by atoms with Gasteiger partial charge in [-0.25, -0.2) is 13.2 Å². The first kappa shape index (κ1) is 20.4. The van der Waals surface area contributed by atoms with E-state index in [1.165, 1.54) is 0 Å². The van der Waals surface area contributed by atoms with Gasteiger partial charge in [-0.3, -0.25) is 14.5 Å². The van der Waals surface area contributed by atoms with Crippen LogP contribution in [-0.4, -0.2) is 36.3 Å². The summed E-state index contributed by atoms with van der Waals surface area (Å²) in [5, 5.41) is 4.91. The van der Waals surface area contributed by atoms with E-state index in [4.69, 9.17) is 0 Å². The smallest absolute Gasteiger partial charge is 0.238 e. The number of carbonyl (C=O) groups is 2. The topological polar surface area (TPSA) is 61.4 Å². The molecule has 0 radical (unpaired) electrons. The Hall–Kier alpha value is -2.87. The van der Waals surface area contributed by atoms with E-state index in [2.05, 4.69) is 10.6 Å². The molecule has 144 valence electrons. The lowest BCUT2D eigenvalue weighted by Crippen LogP contribution is -2.39. The van der Waals surface area contributed by atoms with Crippen LogP contribution in [0.15, 0.2) is 42.5 Å². The lowest BCUT2D eigenvalue weighted by molar-refractivity contribution is -0.120. The third-order valence-electron chi connectivity index (χ3n) is 3.64. The van der Waals surface area contributed by atoms with Crippen molar-refractivity contribution in [3.8, 4) is 0 Å². The fourth-order valence-corrected chi connectivity index (χ4v) is 2.47. The second kappa shape index (κ2) is 9.72. The molecule has 0 unspecified atom stereocenters. The second-order valence-electron chi connectivity index (χ2n) is 5.90. The first-order valence-electron chi connectivity index (χ1n) is 8.41. The molecule has 2 aromatic rings. The van der Waals surface area contributed by atoms with Crippen LogP contribution in [0.3, 0.4) is 0 Å². The summed E-state index contributed by atoms with van der Waals surface area (Å²) in [5.74, 6) is -5.40. The number of carbonyl (C=O) groups excluding carboxylic acids is 2. The van der Waals surface area contributed by atoms with Gasteiger partial charge in [0.25, 0.3) is 0 Å². The zero-order chi connectivity index (χ0) is 19.8. The standard InChI is InChI=1S/C19H20F3N3O2/c1-2-10-25(11-16(26)23-13-6-4-3-5-7-13)12-17(27)24-15-9-8-14(20)18(21)19(15)22/h3-9H,2,10-12H2,1H3,(H,23,26)(H,24,27). The van der Waals surface area contributed by atoms with Crippen molar-refractivity contribution in [1.82, 2.24) is 4.90 Å². The van der Waals surface area contributed by atoms with E-state index >= 15 is 0 Å². The zero-order valence-corrected chi connectivity index (χ0v) is 14.8. The molecule has 0 heterocycles. The molecule has 5 nitrogen and oxygen atoms in total. The van der Waals surface area contributed by atoms with Crippen LogP contribution in [0.5, 0.6) is 0 Å². The minimum absolute atomic E-state index is 0.0452. The van der Waals surface area contributed by atoms with E-state index in [0.717, 1.165) is 12.1 Å². The molecule has 0 aliphatic carbocycles. The van der Waals surface area contributed by atoms with E-state index in [1.807, 2.05) is 13.0 Å². The van der Waals surface area contributed by atoms with Gasteiger partial charge >= 0.3 is 0 Å². The Bertz CT molecular complexity index is 800. The van der Waals surface area contributed by atoms with Crippen LogP contribution in [0.4, 0.5) is 24.5 Å². The number of rotatable bonds is 8. The van der Waals surface area contributed by atoms with Gasteiger partial charge in [-0.2, -0.15) is 0 Å². The Labute approximate surface area is 155 Å². The maximum Gasteiger partial charge on any atom is 0.238 e. The molecule has 2 amide bonds. The number of hydrogen-bond donors (Lipinski definition) is 2. The van der Waals surface area contributed by atoms with E-state index in [1.54, 1.807) is 29.2 Å². The second-order valence-corrected chi connectivity index (χ2v) is 5.90. The summed E-state index contributed by atoms with van der Waals surface area (Å²) in [6.07, 6.45) is 0.686. The molecular weight excluding hydrogens is 359 g/mol. The Morgan fingerprint density at radius 1 is 0.889 bits per heavy atom. The SMILES string of the molecule is CCCN(CC(=O)Nc1ccccc1)CC(=O)Nc1ccc(F)c(F)c1F. The van der Waals surface area contributed by atoms with Crippen molar-refractivity contribution in [2.45, 2.75) is 13.3 Å². The maximum atomic E-state index is 13.7. The van der Waals surface area contributed by atoms with Crippen LogP contribution in [0.1, 0.15) is 13.3 Å². The number of amides is 2. The van der Waals surface area contributed by atoms with Gasteiger partial charge in [0, 0.05) is 5.69 Å². The highest BCUT2D eigenvalue weighted by Crippen LogP contribution is 2.19. The van der Waals surface area contributed by atoms with Gasteiger partial charge in [-0.05, 0) is 37.2 Å². The molecule has 0 aromatic heterocycles. The maximum absolute atomic E-state index is 13.7. The summed E-state index contributed by atoms with van der Waals surface area (Å²) in [6.45, 7) is 2.09. The lowest BCUT2D eigenvalue weighted by atomic mass is 10.2. The Morgan fingerprint density at radius 2 is 1.52 bits per heavy atom. The molecule has 0 fully saturated rings. The number of hydrogen-bond acceptors (Lipinski definition) is 3. The third-order valence-corrected chi connectivity index (χ3v) is 3.64. The first-order chi connectivity index (χ1) is 12.9. The van der Waals surface area contributed by atoms with Crippen molar-refractivity contribution < 1.29 is 22.8 Å². The van der Waals surface area contributed by atoms with Crippen LogP contribution in [0.2, 0.25) is 0 Å². The fraction of sp³-hybridized carbons (Fsp3) is 0.263. The summed E-state index contributed by atoms with van der Waals surface area (Å²) >= 11 is 0. The highest BCUT2D eigenvalue weighted by molar-refractivity contribution is 5.94. The number of benzene rings is 2. The number of halogens is 3. The molecule has 0 atom stereocenters. The van der Waals surface area contributed by atoms with E-state index in [0.29, 0.717) is 18.7 Å². The molecule has 2 N–H and O–H groups in total. The predicted molar refractivity (Wildman–Crippen MR) is 96.7 cm³/mol. The molecule has 0 bridgehead atoms. The Morgan fingerprint density at radius 3 is 2.15 bits per heavy atom. The minimum Gasteiger partial charge on any atom is -0.325 e. The van der Waals surface area contributed by atoms with Crippen LogP contribution in [0, 0.1) is 17.5 Å². The van der Waals surface area contributed by atoms with Crippen molar-refractivity contribution in [1.29, 1.82) is 0 Å². The molecule has 2 aromatic carbocycles. The first-order valence-corrected chi connectivity index (χ1v) is 8.41. The highest BCUT2D eigenvalue weighted by atomic mass is 19.2. The van der Waals surface area contributed by atoms with Crippen molar-refractivity contribution in [2.75, 3.05) is 30.3 Å². The number of nitrogens with one attached hydrogen (secondary N) is 2. The minimum atomic E-state index is -1.65. The van der Waals surface area contributed by atoms with Crippen LogP contribution in [0.25, 0.3) is 0 Å². The van der Waals surface area contributed by atoms with Gasteiger partial charge in [0.15, 0.2) is 17.5 Å². The summed E-state index contributed by atoms with van der Waals surface area (Å²) in [5.41, 5.74) is 0.177. The van der Waals surface area contributed by atoms with Crippen LogP contribution in [-0.2, 0) is 9.59 Å². The number of nitrogens with zero attached hydrogens (tertiary/aromatic N) is 1. The fourth-order valence-electron chi connectivity index (χ4n) is 2.47. The Kier molecular flexibility index (Phi) is 7.36. The highest BCUT2D eigenvalue weighted by Gasteiger charge is 2.18. The van der Waals surface area contributed by atoms with Crippen molar-refractivity contribution in [2.24, 2.45) is 0 Å². The summed E-state index contributed by atoms with van der Waals surface area (Å²) < 4.78 is 39.8. The quantitative estimate of drug-likeness (QED) is 0.691. The molecule has 0 aliphatic rings. The molecule has 0 spiro atoms. The molecule has 2 rings (SSSR count). The molecule has 0 saturated carbocycles. The summed E-state index contributed by atoms with van der Waals surface area (Å²) in [4.78, 5) is 25.8. The number of anilines is 2. The van der Waals surface area contributed by atoms with E-state index in [-0.39, 0.29) is 19.0 Å². The predicted octanol–water partition coefficient (Wildman–Crippen LogP) is 3.39. The zero-order valence-electron chi connectivity index (χ0n) is 14.8. The van der Waals surface area contributed by atoms with Gasteiger partial charge in [-0.15, -0.1) is 0 Å². The number of para-hydroxylation sites is 1.